The fraction of sp³-hybridized carbons (Fsp3) is 0.825. The summed E-state index contributed by atoms with van der Waals surface area (Å²) in [5, 5.41) is 13.9. The smallest absolute Gasteiger partial charge is 0.387 e. The van der Waals surface area contributed by atoms with Crippen molar-refractivity contribution in [2.24, 2.45) is 0 Å². The van der Waals surface area contributed by atoms with Crippen molar-refractivity contribution in [1.82, 2.24) is 5.32 Å². The first kappa shape index (κ1) is 70.2. The van der Waals surface area contributed by atoms with Crippen molar-refractivity contribution in [1.29, 1.82) is 0 Å². The van der Waals surface area contributed by atoms with E-state index in [4.69, 9.17) is 9.05 Å². The molecule has 72 heavy (non-hydrogen) atoms. The number of quaternary nitrogens is 1. The van der Waals surface area contributed by atoms with Crippen molar-refractivity contribution < 1.29 is 32.9 Å². The molecule has 0 fully saturated rings. The highest BCUT2D eigenvalue weighted by Crippen LogP contribution is 2.43. The summed E-state index contributed by atoms with van der Waals surface area (Å²) in [6, 6.07) is -0.846. The van der Waals surface area contributed by atoms with Crippen molar-refractivity contribution in [2.45, 2.75) is 296 Å². The number of carbonyl (C=O) groups is 1. The average molecular weight is 1030 g/mol. The molecule has 0 spiro atoms. The molecule has 0 aliphatic rings. The number of carbonyl (C=O) groups excluding carboxylic acids is 1. The number of amides is 1. The van der Waals surface area contributed by atoms with Gasteiger partial charge >= 0.3 is 7.82 Å². The Morgan fingerprint density at radius 2 is 0.833 bits per heavy atom. The number of phosphoric ester groups is 1. The minimum absolute atomic E-state index is 0.0620. The zero-order valence-corrected chi connectivity index (χ0v) is 49.1. The van der Waals surface area contributed by atoms with Crippen LogP contribution in [0, 0.1) is 0 Å². The lowest BCUT2D eigenvalue weighted by Gasteiger charge is -2.25. The maximum absolute atomic E-state index is 13.0. The summed E-state index contributed by atoms with van der Waals surface area (Å²) in [6.45, 7) is 4.73. The summed E-state index contributed by atoms with van der Waals surface area (Å²) in [5.41, 5.74) is 0. The van der Waals surface area contributed by atoms with Gasteiger partial charge in [0.1, 0.15) is 13.2 Å². The topological polar surface area (TPSA) is 105 Å². The molecule has 3 unspecified atom stereocenters. The maximum Gasteiger partial charge on any atom is 0.472 e. The minimum Gasteiger partial charge on any atom is -0.387 e. The van der Waals surface area contributed by atoms with Crippen LogP contribution < -0.4 is 5.32 Å². The Hall–Kier alpha value is -1.80. The summed E-state index contributed by atoms with van der Waals surface area (Å²) in [7, 11) is 1.58. The normalized spacial score (nSPS) is 14.3. The van der Waals surface area contributed by atoms with Crippen molar-refractivity contribution >= 4 is 13.7 Å². The quantitative estimate of drug-likeness (QED) is 0.0243. The zero-order valence-electron chi connectivity index (χ0n) is 48.2. The number of hydrogen-bond donors (Lipinski definition) is 3. The van der Waals surface area contributed by atoms with Crippen LogP contribution in [0.4, 0.5) is 0 Å². The van der Waals surface area contributed by atoms with E-state index in [2.05, 4.69) is 67.8 Å². The second kappa shape index (κ2) is 54.0. The van der Waals surface area contributed by atoms with Crippen LogP contribution in [0.1, 0.15) is 284 Å². The highest BCUT2D eigenvalue weighted by Gasteiger charge is 2.27. The molecule has 0 saturated carbocycles. The number of nitrogens with one attached hydrogen (secondary N) is 1. The van der Waals surface area contributed by atoms with E-state index in [1.54, 1.807) is 6.08 Å². The third kappa shape index (κ3) is 55.9. The van der Waals surface area contributed by atoms with Crippen molar-refractivity contribution in [3.63, 3.8) is 0 Å². The molecule has 0 saturated heterocycles. The first-order valence-corrected chi connectivity index (χ1v) is 32.2. The van der Waals surface area contributed by atoms with Crippen molar-refractivity contribution in [2.75, 3.05) is 40.9 Å². The fourth-order valence-electron chi connectivity index (χ4n) is 8.98. The van der Waals surface area contributed by atoms with Crippen LogP contribution in [0.15, 0.2) is 60.8 Å². The third-order valence-corrected chi connectivity index (χ3v) is 14.7. The summed E-state index contributed by atoms with van der Waals surface area (Å²) in [5.74, 6) is -0.174. The number of aliphatic hydroxyl groups is 1. The lowest BCUT2D eigenvalue weighted by atomic mass is 10.0. The highest BCUT2D eigenvalue weighted by atomic mass is 31.2. The van der Waals surface area contributed by atoms with Crippen LogP contribution in [0.3, 0.4) is 0 Å². The molecule has 1 amide bonds. The van der Waals surface area contributed by atoms with Crippen LogP contribution in [0.25, 0.3) is 0 Å². The monoisotopic (exact) mass is 1030 g/mol. The van der Waals surface area contributed by atoms with Gasteiger partial charge in [0.15, 0.2) is 0 Å². The van der Waals surface area contributed by atoms with Gasteiger partial charge in [-0.2, -0.15) is 0 Å². The van der Waals surface area contributed by atoms with Crippen LogP contribution in [-0.4, -0.2) is 73.4 Å². The van der Waals surface area contributed by atoms with E-state index >= 15 is 0 Å². The van der Waals surface area contributed by atoms with E-state index in [-0.39, 0.29) is 19.1 Å². The Morgan fingerprint density at radius 3 is 1.22 bits per heavy atom. The van der Waals surface area contributed by atoms with E-state index in [1.807, 2.05) is 27.2 Å². The second-order valence-corrected chi connectivity index (χ2v) is 23.5. The number of likely N-dealkylation sites (N-methyl/N-ethyl adjacent to an activating group) is 1. The number of hydrogen-bond acceptors (Lipinski definition) is 5. The molecule has 0 aliphatic heterocycles. The van der Waals surface area contributed by atoms with Gasteiger partial charge in [-0.05, 0) is 57.8 Å². The molecule has 0 aromatic heterocycles. The van der Waals surface area contributed by atoms with E-state index in [0.29, 0.717) is 17.4 Å². The Labute approximate surface area is 447 Å². The second-order valence-electron chi connectivity index (χ2n) is 22.1. The van der Waals surface area contributed by atoms with Gasteiger partial charge in [-0.3, -0.25) is 13.8 Å². The Kier molecular flexibility index (Phi) is 52.7. The molecule has 8 nitrogen and oxygen atoms in total. The van der Waals surface area contributed by atoms with Crippen LogP contribution in [-0.2, 0) is 18.4 Å². The van der Waals surface area contributed by atoms with Gasteiger partial charge in [0.2, 0.25) is 5.91 Å². The van der Waals surface area contributed by atoms with Gasteiger partial charge in [-0.25, -0.2) is 4.57 Å². The molecular formula is C63H120N2O6P+. The number of aliphatic hydroxyl groups excluding tert-OH is 1. The van der Waals surface area contributed by atoms with Gasteiger partial charge in [0.25, 0.3) is 0 Å². The van der Waals surface area contributed by atoms with Crippen LogP contribution in [0.2, 0.25) is 0 Å². The predicted octanol–water partition coefficient (Wildman–Crippen LogP) is 18.9. The lowest BCUT2D eigenvalue weighted by molar-refractivity contribution is -0.870. The Morgan fingerprint density at radius 1 is 0.486 bits per heavy atom. The molecule has 0 aromatic rings. The minimum atomic E-state index is -4.35. The SMILES string of the molecule is CC/C=C\C/C=C\C/C=C\C/C=C\CCCCCCCCCCCCCCCCCCCCCCC(=O)NC(COP(=O)(O)OCC[N+](C)(C)C)C(O)/C=C/CCCCCCCCCCCCCCCCC. The molecular weight excluding hydrogens is 912 g/mol. The van der Waals surface area contributed by atoms with Crippen molar-refractivity contribution in [3.05, 3.63) is 60.8 Å². The summed E-state index contributed by atoms with van der Waals surface area (Å²) < 4.78 is 23.7. The van der Waals surface area contributed by atoms with Gasteiger partial charge in [-0.15, -0.1) is 0 Å². The number of nitrogens with zero attached hydrogens (tertiary/aromatic N) is 1. The first-order chi connectivity index (χ1) is 35.0. The largest absolute Gasteiger partial charge is 0.472 e. The molecule has 0 aliphatic carbocycles. The number of rotatable bonds is 56. The van der Waals surface area contributed by atoms with Crippen LogP contribution in [0.5, 0.6) is 0 Å². The maximum atomic E-state index is 13.0. The average Bonchev–Trinajstić information content (AvgIpc) is 3.34. The van der Waals surface area contributed by atoms with E-state index in [9.17, 15) is 19.4 Å². The Bertz CT molecular complexity index is 1360. The summed E-state index contributed by atoms with van der Waals surface area (Å²) in [4.78, 5) is 23.3. The number of unbranched alkanes of at least 4 members (excludes halogenated alkanes) is 35. The standard InChI is InChI=1S/C63H119N2O6P/c1-6-8-10-12-14-16-18-20-22-24-25-26-27-28-29-30-31-32-33-34-35-36-37-38-39-41-43-45-47-49-51-53-55-57-63(67)64-61(60-71-72(68,69)70-59-58-65(3,4)5)62(66)56-54-52-50-48-46-44-42-40-23-21-19-17-15-13-11-9-7-2/h8,10,14,16,20,22,25-26,54,56,61-62,66H,6-7,9,11-13,15,17-19,21,23-24,27-53,55,57-60H2,1-5H3,(H-,64,67,68,69)/p+1/b10-8-,16-14-,22-20-,26-25-,56-54+. The van der Waals surface area contributed by atoms with Crippen LogP contribution >= 0.6 is 7.82 Å². The number of phosphoric acid groups is 1. The molecule has 0 aromatic carbocycles. The number of allylic oxidation sites excluding steroid dienone is 9. The van der Waals surface area contributed by atoms with E-state index < -0.39 is 20.0 Å². The summed E-state index contributed by atoms with van der Waals surface area (Å²) in [6.07, 6.45) is 73.3. The molecule has 3 N–H and O–H groups in total. The highest BCUT2D eigenvalue weighted by molar-refractivity contribution is 7.47. The molecule has 3 atom stereocenters. The van der Waals surface area contributed by atoms with Gasteiger partial charge < -0.3 is 19.8 Å². The fourth-order valence-corrected chi connectivity index (χ4v) is 9.71. The first-order valence-electron chi connectivity index (χ1n) is 30.7. The zero-order chi connectivity index (χ0) is 52.7. The predicted molar refractivity (Wildman–Crippen MR) is 314 cm³/mol. The van der Waals surface area contributed by atoms with Gasteiger partial charge in [0.05, 0.1) is 39.9 Å². The molecule has 0 radical (unpaired) electrons. The molecule has 0 heterocycles. The van der Waals surface area contributed by atoms with Gasteiger partial charge in [-0.1, -0.05) is 280 Å². The van der Waals surface area contributed by atoms with Crippen molar-refractivity contribution in [3.8, 4) is 0 Å². The summed E-state index contributed by atoms with van der Waals surface area (Å²) >= 11 is 0. The molecule has 9 heteroatoms. The lowest BCUT2D eigenvalue weighted by Crippen LogP contribution is -2.45. The van der Waals surface area contributed by atoms with E-state index in [1.165, 1.54) is 199 Å². The molecule has 422 valence electrons. The molecule has 0 rings (SSSR count). The van der Waals surface area contributed by atoms with Gasteiger partial charge in [0, 0.05) is 6.42 Å². The van der Waals surface area contributed by atoms with E-state index in [0.717, 1.165) is 64.2 Å². The molecule has 0 bridgehead atoms. The Balaban J connectivity index is 4.05. The third-order valence-electron chi connectivity index (χ3n) is 13.7.